The molecule has 0 atom stereocenters. The van der Waals surface area contributed by atoms with Gasteiger partial charge in [0.15, 0.2) is 0 Å². The van der Waals surface area contributed by atoms with Gasteiger partial charge in [-0.2, -0.15) is 5.26 Å². The Hall–Kier alpha value is -3.13. The topological polar surface area (TPSA) is 76.4 Å². The molecule has 0 heterocycles. The number of hydrogen-bond donors (Lipinski definition) is 0. The van der Waals surface area contributed by atoms with Gasteiger partial charge in [-0.05, 0) is 42.8 Å². The van der Waals surface area contributed by atoms with Crippen molar-refractivity contribution in [1.29, 1.82) is 5.26 Å². The molecule has 2 rings (SSSR count). The highest BCUT2D eigenvalue weighted by molar-refractivity contribution is 6.03. The summed E-state index contributed by atoms with van der Waals surface area (Å²) in [6.45, 7) is 2.48. The van der Waals surface area contributed by atoms with Gasteiger partial charge in [0.05, 0.1) is 29.4 Å². The van der Waals surface area contributed by atoms with E-state index < -0.39 is 11.9 Å². The van der Waals surface area contributed by atoms with Crippen LogP contribution in [0.3, 0.4) is 0 Å². The van der Waals surface area contributed by atoms with Gasteiger partial charge >= 0.3 is 11.9 Å². The lowest BCUT2D eigenvalue weighted by molar-refractivity contribution is 0.0489. The molecule has 0 saturated carbocycles. The third kappa shape index (κ3) is 6.27. The fourth-order valence-corrected chi connectivity index (χ4v) is 2.55. The second-order valence-electron chi connectivity index (χ2n) is 6.12. The quantitative estimate of drug-likeness (QED) is 0.359. The van der Waals surface area contributed by atoms with Crippen LogP contribution in [0.4, 0.5) is 0 Å². The molecule has 0 bridgehead atoms. The molecule has 27 heavy (non-hydrogen) atoms. The second-order valence-corrected chi connectivity index (χ2v) is 6.12. The Labute approximate surface area is 159 Å². The number of carbonyl (C=O) groups is 2. The van der Waals surface area contributed by atoms with Crippen molar-refractivity contribution in [2.45, 2.75) is 39.0 Å². The van der Waals surface area contributed by atoms with E-state index in [1.165, 1.54) is 24.6 Å². The zero-order valence-corrected chi connectivity index (χ0v) is 15.4. The van der Waals surface area contributed by atoms with Gasteiger partial charge in [0.25, 0.3) is 0 Å². The summed E-state index contributed by atoms with van der Waals surface area (Å²) in [6, 6.07) is 14.6. The molecule has 0 saturated heterocycles. The molecule has 0 spiro atoms. The summed E-state index contributed by atoms with van der Waals surface area (Å²) >= 11 is 0. The molecule has 2 aromatic carbocycles. The highest BCUT2D eigenvalue weighted by Crippen LogP contribution is 2.17. The molecule has 0 aliphatic heterocycles. The summed E-state index contributed by atoms with van der Waals surface area (Å²) in [6.07, 6.45) is 5.29. The molecule has 2 aromatic rings. The standard InChI is InChI=1S/C22H23NO4/c1-2-3-4-5-8-15-26-21(24)19-9-6-7-10-20(19)22(25)27-18-13-11-17(16-23)12-14-18/h6-7,9-14H,2-5,8,15H2,1H3. The lowest BCUT2D eigenvalue weighted by Gasteiger charge is -2.10. The summed E-state index contributed by atoms with van der Waals surface area (Å²) in [5.74, 6) is -0.869. The maximum absolute atomic E-state index is 12.4. The van der Waals surface area contributed by atoms with E-state index in [1.807, 2.05) is 6.07 Å². The molecule has 0 radical (unpaired) electrons. The molecule has 0 aromatic heterocycles. The Balaban J connectivity index is 1.98. The molecule has 0 amide bonds. The Morgan fingerprint density at radius 1 is 0.889 bits per heavy atom. The van der Waals surface area contributed by atoms with Gasteiger partial charge in [0.2, 0.25) is 0 Å². The molecule has 0 fully saturated rings. The maximum atomic E-state index is 12.4. The average molecular weight is 365 g/mol. The predicted octanol–water partition coefficient (Wildman–Crippen LogP) is 4.90. The van der Waals surface area contributed by atoms with Crippen molar-refractivity contribution in [2.75, 3.05) is 6.61 Å². The highest BCUT2D eigenvalue weighted by Gasteiger charge is 2.19. The first-order valence-electron chi connectivity index (χ1n) is 9.14. The van der Waals surface area contributed by atoms with E-state index in [0.29, 0.717) is 17.9 Å². The summed E-state index contributed by atoms with van der Waals surface area (Å²) in [4.78, 5) is 24.8. The van der Waals surface area contributed by atoms with E-state index in [2.05, 4.69) is 6.92 Å². The van der Waals surface area contributed by atoms with Crippen molar-refractivity contribution < 1.29 is 19.1 Å². The maximum Gasteiger partial charge on any atom is 0.344 e. The van der Waals surface area contributed by atoms with Crippen molar-refractivity contribution >= 4 is 11.9 Å². The van der Waals surface area contributed by atoms with Crippen LogP contribution in [-0.2, 0) is 4.74 Å². The summed E-state index contributed by atoms with van der Waals surface area (Å²) in [5.41, 5.74) is 0.806. The number of rotatable bonds is 9. The Morgan fingerprint density at radius 2 is 1.52 bits per heavy atom. The monoisotopic (exact) mass is 365 g/mol. The van der Waals surface area contributed by atoms with E-state index in [0.717, 1.165) is 25.7 Å². The number of ether oxygens (including phenoxy) is 2. The lowest BCUT2D eigenvalue weighted by Crippen LogP contribution is -2.16. The average Bonchev–Trinajstić information content (AvgIpc) is 2.71. The zero-order chi connectivity index (χ0) is 19.5. The van der Waals surface area contributed by atoms with Gasteiger partial charge in [-0.25, -0.2) is 9.59 Å². The van der Waals surface area contributed by atoms with Crippen molar-refractivity contribution in [3.05, 3.63) is 65.2 Å². The van der Waals surface area contributed by atoms with Crippen LogP contribution in [0.5, 0.6) is 5.75 Å². The fourth-order valence-electron chi connectivity index (χ4n) is 2.55. The minimum Gasteiger partial charge on any atom is -0.462 e. The number of carbonyl (C=O) groups excluding carboxylic acids is 2. The minimum atomic E-state index is -0.643. The van der Waals surface area contributed by atoms with Crippen LogP contribution in [0.2, 0.25) is 0 Å². The largest absolute Gasteiger partial charge is 0.462 e. The third-order valence-electron chi connectivity index (χ3n) is 4.04. The third-order valence-corrected chi connectivity index (χ3v) is 4.04. The second kappa shape index (κ2) is 10.8. The van der Waals surface area contributed by atoms with Gasteiger partial charge in [-0.15, -0.1) is 0 Å². The Morgan fingerprint density at radius 3 is 2.15 bits per heavy atom. The van der Waals surface area contributed by atoms with Crippen LogP contribution in [0.15, 0.2) is 48.5 Å². The molecule has 5 nitrogen and oxygen atoms in total. The minimum absolute atomic E-state index is 0.151. The zero-order valence-electron chi connectivity index (χ0n) is 15.4. The van der Waals surface area contributed by atoms with Gasteiger partial charge in [-0.3, -0.25) is 0 Å². The van der Waals surface area contributed by atoms with Crippen LogP contribution >= 0.6 is 0 Å². The summed E-state index contributed by atoms with van der Waals surface area (Å²) in [7, 11) is 0. The van der Waals surface area contributed by atoms with Crippen molar-refractivity contribution in [3.63, 3.8) is 0 Å². The molecule has 5 heteroatoms. The first kappa shape index (κ1) is 20.2. The predicted molar refractivity (Wildman–Crippen MR) is 102 cm³/mol. The molecule has 0 aliphatic rings. The molecular formula is C22H23NO4. The van der Waals surface area contributed by atoms with Crippen LogP contribution < -0.4 is 4.74 Å². The van der Waals surface area contributed by atoms with Crippen LogP contribution in [-0.4, -0.2) is 18.5 Å². The van der Waals surface area contributed by atoms with E-state index in [4.69, 9.17) is 14.7 Å². The first-order valence-corrected chi connectivity index (χ1v) is 9.14. The van der Waals surface area contributed by atoms with E-state index in [1.54, 1.807) is 30.3 Å². The lowest BCUT2D eigenvalue weighted by atomic mass is 10.1. The van der Waals surface area contributed by atoms with Crippen molar-refractivity contribution in [2.24, 2.45) is 0 Å². The smallest absolute Gasteiger partial charge is 0.344 e. The number of benzene rings is 2. The Kier molecular flexibility index (Phi) is 8.05. The fraction of sp³-hybridized carbons (Fsp3) is 0.318. The number of nitrogens with zero attached hydrogens (tertiary/aromatic N) is 1. The van der Waals surface area contributed by atoms with Gasteiger partial charge in [-0.1, -0.05) is 44.7 Å². The van der Waals surface area contributed by atoms with E-state index >= 15 is 0 Å². The Bertz CT molecular complexity index is 806. The highest BCUT2D eigenvalue weighted by atomic mass is 16.5. The van der Waals surface area contributed by atoms with Crippen molar-refractivity contribution in [3.8, 4) is 11.8 Å². The number of unbranched alkanes of at least 4 members (excludes halogenated alkanes) is 4. The molecule has 0 aliphatic carbocycles. The van der Waals surface area contributed by atoms with E-state index in [-0.39, 0.29) is 11.1 Å². The molecular weight excluding hydrogens is 342 g/mol. The summed E-state index contributed by atoms with van der Waals surface area (Å²) < 4.78 is 10.6. The first-order chi connectivity index (χ1) is 13.2. The van der Waals surface area contributed by atoms with Crippen LogP contribution in [0.25, 0.3) is 0 Å². The number of esters is 2. The molecule has 0 N–H and O–H groups in total. The summed E-state index contributed by atoms with van der Waals surface area (Å²) in [5, 5.41) is 8.81. The van der Waals surface area contributed by atoms with Gasteiger partial charge < -0.3 is 9.47 Å². The van der Waals surface area contributed by atoms with Gasteiger partial charge in [0, 0.05) is 0 Å². The van der Waals surface area contributed by atoms with E-state index in [9.17, 15) is 9.59 Å². The SMILES string of the molecule is CCCCCCCOC(=O)c1ccccc1C(=O)Oc1ccc(C#N)cc1. The van der Waals surface area contributed by atoms with Crippen LogP contribution in [0.1, 0.15) is 65.3 Å². The molecule has 0 unspecified atom stereocenters. The van der Waals surface area contributed by atoms with Crippen LogP contribution in [0, 0.1) is 11.3 Å². The molecule has 140 valence electrons. The number of hydrogen-bond acceptors (Lipinski definition) is 5. The normalized spacial score (nSPS) is 10.1. The van der Waals surface area contributed by atoms with Crippen molar-refractivity contribution in [1.82, 2.24) is 0 Å². The number of nitriles is 1. The van der Waals surface area contributed by atoms with Gasteiger partial charge in [0.1, 0.15) is 5.75 Å².